The second kappa shape index (κ2) is 12.1. The summed E-state index contributed by atoms with van der Waals surface area (Å²) in [5.74, 6) is -0.392. The standard InChI is InChI=1S/C33H32N4O5S/c1-33(2,3)42-32(39)36-29(22-23-10-6-4-7-11-23)31(38)35-25-16-14-24(15-17-25)27-18-20-34-30-28(27)19-21-37(30)43(40,41)26-12-8-5-9-13-26/h4-21,29H,22H2,1-3H3,(H,35,38)(H,36,39)/t29-/m1/s1. The summed E-state index contributed by atoms with van der Waals surface area (Å²) in [4.78, 5) is 30.4. The summed E-state index contributed by atoms with van der Waals surface area (Å²) in [7, 11) is -3.82. The van der Waals surface area contributed by atoms with Gasteiger partial charge in [0.15, 0.2) is 5.65 Å². The molecule has 10 heteroatoms. The number of fused-ring (bicyclic) bond motifs is 1. The number of pyridine rings is 1. The Morgan fingerprint density at radius 3 is 2.19 bits per heavy atom. The molecule has 2 N–H and O–H groups in total. The van der Waals surface area contributed by atoms with Gasteiger partial charge in [-0.1, -0.05) is 60.7 Å². The van der Waals surface area contributed by atoms with Gasteiger partial charge in [0.25, 0.3) is 10.0 Å². The molecule has 2 aromatic heterocycles. The number of alkyl carbamates (subject to hydrolysis) is 1. The summed E-state index contributed by atoms with van der Waals surface area (Å²) in [6.07, 6.45) is 2.67. The molecule has 2 heterocycles. The molecule has 220 valence electrons. The predicted octanol–water partition coefficient (Wildman–Crippen LogP) is 6.01. The first-order chi connectivity index (χ1) is 20.5. The Hall–Kier alpha value is -4.96. The first-order valence-corrected chi connectivity index (χ1v) is 15.2. The molecule has 43 heavy (non-hydrogen) atoms. The number of amides is 2. The van der Waals surface area contributed by atoms with Crippen LogP contribution in [0.3, 0.4) is 0 Å². The Morgan fingerprint density at radius 1 is 0.884 bits per heavy atom. The van der Waals surface area contributed by atoms with E-state index >= 15 is 0 Å². The molecular weight excluding hydrogens is 564 g/mol. The molecule has 5 rings (SSSR count). The minimum atomic E-state index is -3.82. The van der Waals surface area contributed by atoms with Crippen molar-refractivity contribution in [3.05, 3.63) is 115 Å². The normalized spacial score (nSPS) is 12.4. The van der Waals surface area contributed by atoms with E-state index in [0.29, 0.717) is 16.7 Å². The number of benzene rings is 3. The molecule has 2 amide bonds. The Labute approximate surface area is 250 Å². The third-order valence-corrected chi connectivity index (χ3v) is 8.29. The van der Waals surface area contributed by atoms with E-state index in [1.54, 1.807) is 75.5 Å². The molecule has 0 spiro atoms. The van der Waals surface area contributed by atoms with Gasteiger partial charge < -0.3 is 15.4 Å². The van der Waals surface area contributed by atoms with E-state index in [1.165, 1.54) is 10.2 Å². The molecule has 0 aliphatic carbocycles. The van der Waals surface area contributed by atoms with Gasteiger partial charge in [0, 0.05) is 29.9 Å². The van der Waals surface area contributed by atoms with Crippen molar-refractivity contribution in [1.82, 2.24) is 14.3 Å². The second-order valence-corrected chi connectivity index (χ2v) is 12.8. The summed E-state index contributed by atoms with van der Waals surface area (Å²) in [5.41, 5.74) is 2.63. The number of anilines is 1. The maximum atomic E-state index is 13.3. The van der Waals surface area contributed by atoms with Crippen molar-refractivity contribution in [3.8, 4) is 11.1 Å². The van der Waals surface area contributed by atoms with Crippen LogP contribution in [0.1, 0.15) is 26.3 Å². The smallest absolute Gasteiger partial charge is 0.408 e. The number of nitrogens with zero attached hydrogens (tertiary/aromatic N) is 2. The van der Waals surface area contributed by atoms with Gasteiger partial charge in [0.2, 0.25) is 5.91 Å². The van der Waals surface area contributed by atoms with Gasteiger partial charge in [-0.15, -0.1) is 0 Å². The summed E-state index contributed by atoms with van der Waals surface area (Å²) >= 11 is 0. The zero-order chi connectivity index (χ0) is 30.6. The minimum absolute atomic E-state index is 0.173. The van der Waals surface area contributed by atoms with E-state index < -0.39 is 33.7 Å². The molecule has 0 aliphatic heterocycles. The fourth-order valence-corrected chi connectivity index (χ4v) is 5.96. The average Bonchev–Trinajstić information content (AvgIpc) is 3.43. The van der Waals surface area contributed by atoms with Gasteiger partial charge in [-0.05, 0) is 73.9 Å². The van der Waals surface area contributed by atoms with Gasteiger partial charge in [0.05, 0.1) is 4.90 Å². The first kappa shape index (κ1) is 29.5. The lowest BCUT2D eigenvalue weighted by Gasteiger charge is -2.23. The van der Waals surface area contributed by atoms with Gasteiger partial charge in [-0.25, -0.2) is 22.2 Å². The summed E-state index contributed by atoms with van der Waals surface area (Å²) < 4.78 is 33.1. The van der Waals surface area contributed by atoms with E-state index in [1.807, 2.05) is 48.5 Å². The number of nitrogens with one attached hydrogen (secondary N) is 2. The number of hydrogen-bond acceptors (Lipinski definition) is 6. The monoisotopic (exact) mass is 596 g/mol. The third kappa shape index (κ3) is 6.92. The second-order valence-electron chi connectivity index (χ2n) is 11.0. The van der Waals surface area contributed by atoms with E-state index in [2.05, 4.69) is 15.6 Å². The van der Waals surface area contributed by atoms with Crippen LogP contribution in [0.25, 0.3) is 22.2 Å². The number of ether oxygens (including phenoxy) is 1. The lowest BCUT2D eigenvalue weighted by atomic mass is 10.0. The van der Waals surface area contributed by atoms with Crippen molar-refractivity contribution in [3.63, 3.8) is 0 Å². The lowest BCUT2D eigenvalue weighted by Crippen LogP contribution is -2.47. The number of rotatable bonds is 8. The van der Waals surface area contributed by atoms with E-state index in [0.717, 1.165) is 16.7 Å². The molecule has 9 nitrogen and oxygen atoms in total. The predicted molar refractivity (Wildman–Crippen MR) is 166 cm³/mol. The Balaban J connectivity index is 1.36. The molecule has 0 radical (unpaired) electrons. The number of carbonyl (C=O) groups is 2. The largest absolute Gasteiger partial charge is 0.444 e. The van der Waals surface area contributed by atoms with Crippen LogP contribution in [0.2, 0.25) is 0 Å². The maximum Gasteiger partial charge on any atom is 0.408 e. The zero-order valence-electron chi connectivity index (χ0n) is 24.0. The summed E-state index contributed by atoms with van der Waals surface area (Å²) in [6.45, 7) is 5.27. The highest BCUT2D eigenvalue weighted by molar-refractivity contribution is 7.90. The van der Waals surface area contributed by atoms with Crippen LogP contribution in [0.15, 0.2) is 114 Å². The number of aromatic nitrogens is 2. The van der Waals surface area contributed by atoms with Gasteiger partial charge in [-0.2, -0.15) is 0 Å². The maximum absolute atomic E-state index is 13.3. The van der Waals surface area contributed by atoms with Gasteiger partial charge >= 0.3 is 6.09 Å². The molecule has 0 saturated carbocycles. The Morgan fingerprint density at radius 2 is 1.53 bits per heavy atom. The molecule has 0 saturated heterocycles. The first-order valence-electron chi connectivity index (χ1n) is 13.7. The van der Waals surface area contributed by atoms with Crippen LogP contribution in [0.4, 0.5) is 10.5 Å². The third-order valence-electron chi connectivity index (χ3n) is 6.61. The highest BCUT2D eigenvalue weighted by Crippen LogP contribution is 2.31. The summed E-state index contributed by atoms with van der Waals surface area (Å²) in [5, 5.41) is 6.25. The van der Waals surface area contributed by atoms with Crippen LogP contribution in [0, 0.1) is 0 Å². The quantitative estimate of drug-likeness (QED) is 0.226. The van der Waals surface area contributed by atoms with E-state index in [4.69, 9.17) is 4.74 Å². The van der Waals surface area contributed by atoms with Crippen molar-refractivity contribution < 1.29 is 22.7 Å². The van der Waals surface area contributed by atoms with Crippen LogP contribution in [-0.2, 0) is 26.0 Å². The molecule has 5 aromatic rings. The molecular formula is C33H32N4O5S. The van der Waals surface area contributed by atoms with Crippen molar-refractivity contribution in [2.75, 3.05) is 5.32 Å². The van der Waals surface area contributed by atoms with Crippen molar-refractivity contribution in [2.24, 2.45) is 0 Å². The van der Waals surface area contributed by atoms with E-state index in [9.17, 15) is 18.0 Å². The van der Waals surface area contributed by atoms with Gasteiger partial charge in [-0.3, -0.25) is 4.79 Å². The topological polar surface area (TPSA) is 119 Å². The highest BCUT2D eigenvalue weighted by atomic mass is 32.2. The Kier molecular flexibility index (Phi) is 8.31. The van der Waals surface area contributed by atoms with Crippen LogP contribution < -0.4 is 10.6 Å². The van der Waals surface area contributed by atoms with E-state index in [-0.39, 0.29) is 11.3 Å². The molecule has 1 atom stereocenters. The van der Waals surface area contributed by atoms with Crippen LogP contribution >= 0.6 is 0 Å². The molecule has 0 bridgehead atoms. The molecule has 0 aliphatic rings. The summed E-state index contributed by atoms with van der Waals surface area (Å²) in [6, 6.07) is 27.5. The minimum Gasteiger partial charge on any atom is -0.444 e. The number of carbonyl (C=O) groups excluding carboxylic acids is 2. The SMILES string of the molecule is CC(C)(C)OC(=O)N[C@H](Cc1ccccc1)C(=O)Nc1ccc(-c2ccnc3c2ccn3S(=O)(=O)c2ccccc2)cc1. The fraction of sp³-hybridized carbons (Fsp3) is 0.182. The Bertz CT molecular complexity index is 1850. The highest BCUT2D eigenvalue weighted by Gasteiger charge is 2.25. The average molecular weight is 597 g/mol. The molecule has 3 aromatic carbocycles. The van der Waals surface area contributed by atoms with Crippen molar-refractivity contribution in [1.29, 1.82) is 0 Å². The van der Waals surface area contributed by atoms with Crippen molar-refractivity contribution >= 4 is 38.7 Å². The molecule has 0 unspecified atom stereocenters. The van der Waals surface area contributed by atoms with Crippen LogP contribution in [0.5, 0.6) is 0 Å². The van der Waals surface area contributed by atoms with Crippen molar-refractivity contribution in [2.45, 2.75) is 43.7 Å². The lowest BCUT2D eigenvalue weighted by molar-refractivity contribution is -0.118. The fourth-order valence-electron chi connectivity index (χ4n) is 4.64. The van der Waals surface area contributed by atoms with Crippen LogP contribution in [-0.4, -0.2) is 41.0 Å². The molecule has 0 fully saturated rings. The zero-order valence-corrected chi connectivity index (χ0v) is 24.8. The van der Waals surface area contributed by atoms with Gasteiger partial charge in [0.1, 0.15) is 11.6 Å². The number of hydrogen-bond donors (Lipinski definition) is 2.